The maximum atomic E-state index is 12.0. The first-order chi connectivity index (χ1) is 7.29. The van der Waals surface area contributed by atoms with E-state index in [2.05, 4.69) is 0 Å². The van der Waals surface area contributed by atoms with Gasteiger partial charge in [0, 0.05) is 22.1 Å². The van der Waals surface area contributed by atoms with Crippen LogP contribution in [-0.2, 0) is 10.8 Å². The summed E-state index contributed by atoms with van der Waals surface area (Å²) < 4.78 is 11.3. The molecule has 2 nitrogen and oxygen atoms in total. The molecule has 1 aliphatic heterocycles. The predicted molar refractivity (Wildman–Crippen MR) is 64.6 cm³/mol. The second-order valence-electron chi connectivity index (χ2n) is 3.37. The lowest BCUT2D eigenvalue weighted by molar-refractivity contribution is 0.101. The van der Waals surface area contributed by atoms with Crippen molar-refractivity contribution in [2.45, 2.75) is 11.0 Å². The van der Waals surface area contributed by atoms with Gasteiger partial charge < -0.3 is 0 Å². The molecule has 1 aromatic rings. The molecule has 15 heavy (non-hydrogen) atoms. The van der Waals surface area contributed by atoms with Crippen LogP contribution in [0.2, 0.25) is 0 Å². The lowest BCUT2D eigenvalue weighted by atomic mass is 10.1. The van der Waals surface area contributed by atoms with Crippen molar-refractivity contribution < 1.29 is 9.00 Å². The molecular formula is C11H12O2S2. The van der Waals surface area contributed by atoms with E-state index < -0.39 is 10.8 Å². The molecule has 0 aliphatic carbocycles. The standard InChI is InChI=1S/C11H12O2S2/c12-10(9-5-2-1-3-6-9)11-14-7-4-8-15(11)13/h1-3,5-6,11H,4,7-8H2. The third-order valence-corrected chi connectivity index (χ3v) is 5.75. The Hall–Kier alpha value is -0.610. The van der Waals surface area contributed by atoms with E-state index in [1.54, 1.807) is 12.1 Å². The number of carbonyl (C=O) groups is 1. The van der Waals surface area contributed by atoms with Crippen molar-refractivity contribution in [1.29, 1.82) is 0 Å². The minimum Gasteiger partial charge on any atom is -0.292 e. The van der Waals surface area contributed by atoms with E-state index in [4.69, 9.17) is 0 Å². The van der Waals surface area contributed by atoms with Gasteiger partial charge in [-0.3, -0.25) is 9.00 Å². The molecule has 80 valence electrons. The van der Waals surface area contributed by atoms with Crippen molar-refractivity contribution in [3.8, 4) is 0 Å². The highest BCUT2D eigenvalue weighted by molar-refractivity contribution is 8.13. The van der Waals surface area contributed by atoms with Crippen LogP contribution in [-0.4, -0.2) is 26.1 Å². The monoisotopic (exact) mass is 240 g/mol. The van der Waals surface area contributed by atoms with Crippen LogP contribution < -0.4 is 0 Å². The molecule has 0 radical (unpaired) electrons. The molecule has 0 bridgehead atoms. The van der Waals surface area contributed by atoms with E-state index in [9.17, 15) is 9.00 Å². The summed E-state index contributed by atoms with van der Waals surface area (Å²) in [5, 5.41) is 0. The van der Waals surface area contributed by atoms with Crippen molar-refractivity contribution in [2.75, 3.05) is 11.5 Å². The molecule has 1 aliphatic rings. The number of Topliss-reactive ketones (excluding diaryl/α,β-unsaturated/α-hetero) is 1. The van der Waals surface area contributed by atoms with Crippen LogP contribution in [0.25, 0.3) is 0 Å². The molecule has 0 amide bonds. The second-order valence-corrected chi connectivity index (χ2v) is 6.52. The summed E-state index contributed by atoms with van der Waals surface area (Å²) in [5.41, 5.74) is 0.672. The maximum absolute atomic E-state index is 12.0. The highest BCUT2D eigenvalue weighted by atomic mass is 32.2. The van der Waals surface area contributed by atoms with Crippen molar-refractivity contribution in [2.24, 2.45) is 0 Å². The highest BCUT2D eigenvalue weighted by Crippen LogP contribution is 2.25. The van der Waals surface area contributed by atoms with Gasteiger partial charge in [-0.15, -0.1) is 11.8 Å². The number of thioether (sulfide) groups is 1. The van der Waals surface area contributed by atoms with Gasteiger partial charge in [-0.1, -0.05) is 30.3 Å². The first kappa shape index (κ1) is 10.9. The summed E-state index contributed by atoms with van der Waals surface area (Å²) in [4.78, 5) is 12.0. The smallest absolute Gasteiger partial charge is 0.188 e. The largest absolute Gasteiger partial charge is 0.292 e. The summed E-state index contributed by atoms with van der Waals surface area (Å²) in [6, 6.07) is 9.12. The van der Waals surface area contributed by atoms with Crippen LogP contribution >= 0.6 is 11.8 Å². The number of ketones is 1. The van der Waals surface area contributed by atoms with Crippen LogP contribution in [0.4, 0.5) is 0 Å². The quantitative estimate of drug-likeness (QED) is 0.742. The topological polar surface area (TPSA) is 34.1 Å². The Bertz CT molecular complexity index is 375. The Labute approximate surface area is 95.9 Å². The van der Waals surface area contributed by atoms with Crippen LogP contribution in [0.15, 0.2) is 30.3 Å². The SMILES string of the molecule is O=C(c1ccccc1)C1SCCCS1=O. The number of rotatable bonds is 2. The zero-order chi connectivity index (χ0) is 10.7. The highest BCUT2D eigenvalue weighted by Gasteiger charge is 2.28. The van der Waals surface area contributed by atoms with Crippen LogP contribution in [0.3, 0.4) is 0 Å². The minimum absolute atomic E-state index is 0.0126. The molecule has 4 heteroatoms. The van der Waals surface area contributed by atoms with Gasteiger partial charge >= 0.3 is 0 Å². The summed E-state index contributed by atoms with van der Waals surface area (Å²) in [5.74, 6) is 1.62. The Morgan fingerprint density at radius 2 is 2.07 bits per heavy atom. The maximum Gasteiger partial charge on any atom is 0.188 e. The van der Waals surface area contributed by atoms with Crippen molar-refractivity contribution in [3.05, 3.63) is 35.9 Å². The summed E-state index contributed by atoms with van der Waals surface area (Å²) in [6.07, 6.45) is 0.954. The van der Waals surface area contributed by atoms with E-state index in [0.717, 1.165) is 12.2 Å². The van der Waals surface area contributed by atoms with Crippen LogP contribution in [0.5, 0.6) is 0 Å². The second kappa shape index (κ2) is 4.94. The van der Waals surface area contributed by atoms with Crippen molar-refractivity contribution in [3.63, 3.8) is 0 Å². The Kier molecular flexibility index (Phi) is 3.59. The van der Waals surface area contributed by atoms with Gasteiger partial charge in [-0.25, -0.2) is 0 Å². The first-order valence-corrected chi connectivity index (χ1v) is 7.30. The Morgan fingerprint density at radius 3 is 2.73 bits per heavy atom. The van der Waals surface area contributed by atoms with Gasteiger partial charge in [0.25, 0.3) is 0 Å². The summed E-state index contributed by atoms with van der Waals surface area (Å²) in [7, 11) is -0.995. The average molecular weight is 240 g/mol. The zero-order valence-electron chi connectivity index (χ0n) is 8.22. The molecule has 1 saturated heterocycles. The van der Waals surface area contributed by atoms with Crippen LogP contribution in [0, 0.1) is 0 Å². The van der Waals surface area contributed by atoms with Gasteiger partial charge in [-0.2, -0.15) is 0 Å². The summed E-state index contributed by atoms with van der Waals surface area (Å²) in [6.45, 7) is 0. The molecule has 1 aromatic carbocycles. The molecule has 0 saturated carbocycles. The first-order valence-electron chi connectivity index (χ1n) is 4.87. The Balaban J connectivity index is 2.17. The molecule has 2 unspecified atom stereocenters. The molecule has 0 spiro atoms. The fourth-order valence-corrected chi connectivity index (χ4v) is 4.71. The summed E-state index contributed by atoms with van der Waals surface area (Å²) >= 11 is 1.52. The van der Waals surface area contributed by atoms with E-state index in [1.165, 1.54) is 11.8 Å². The number of hydrogen-bond acceptors (Lipinski definition) is 3. The minimum atomic E-state index is -0.995. The fourth-order valence-electron chi connectivity index (χ4n) is 1.51. The third-order valence-electron chi connectivity index (χ3n) is 2.27. The molecule has 0 N–H and O–H groups in total. The number of hydrogen-bond donors (Lipinski definition) is 0. The molecule has 1 fully saturated rings. The Morgan fingerprint density at radius 1 is 1.33 bits per heavy atom. The van der Waals surface area contributed by atoms with E-state index in [-0.39, 0.29) is 10.4 Å². The molecule has 0 aromatic heterocycles. The average Bonchev–Trinajstić information content (AvgIpc) is 2.30. The van der Waals surface area contributed by atoms with E-state index in [0.29, 0.717) is 11.3 Å². The predicted octanol–water partition coefficient (Wildman–Crippen LogP) is 2.08. The molecule has 2 atom stereocenters. The third kappa shape index (κ3) is 2.49. The lowest BCUT2D eigenvalue weighted by Crippen LogP contribution is -2.28. The van der Waals surface area contributed by atoms with E-state index >= 15 is 0 Å². The molecule has 1 heterocycles. The van der Waals surface area contributed by atoms with Crippen molar-refractivity contribution >= 4 is 28.3 Å². The lowest BCUT2D eigenvalue weighted by Gasteiger charge is -2.19. The van der Waals surface area contributed by atoms with Gasteiger partial charge in [0.05, 0.1) is 0 Å². The van der Waals surface area contributed by atoms with Gasteiger partial charge in [0.15, 0.2) is 5.78 Å². The number of benzene rings is 1. The van der Waals surface area contributed by atoms with Crippen LogP contribution in [0.1, 0.15) is 16.8 Å². The van der Waals surface area contributed by atoms with Gasteiger partial charge in [0.1, 0.15) is 4.58 Å². The van der Waals surface area contributed by atoms with E-state index in [1.807, 2.05) is 18.2 Å². The van der Waals surface area contributed by atoms with Gasteiger partial charge in [-0.05, 0) is 12.2 Å². The van der Waals surface area contributed by atoms with Crippen molar-refractivity contribution in [1.82, 2.24) is 0 Å². The number of carbonyl (C=O) groups excluding carboxylic acids is 1. The molecular weight excluding hydrogens is 228 g/mol. The zero-order valence-corrected chi connectivity index (χ0v) is 9.85. The fraction of sp³-hybridized carbons (Fsp3) is 0.364. The normalized spacial score (nSPS) is 26.1. The van der Waals surface area contributed by atoms with Gasteiger partial charge in [0.2, 0.25) is 0 Å². The molecule has 2 rings (SSSR count).